The van der Waals surface area contributed by atoms with Crippen LogP contribution in [0.3, 0.4) is 0 Å². The molecule has 0 saturated heterocycles. The molecule has 10 aromatic rings. The number of aromatic nitrogens is 1. The quantitative estimate of drug-likeness (QED) is 0.156. The minimum atomic E-state index is -0.123. The summed E-state index contributed by atoms with van der Waals surface area (Å²) in [5.74, 6) is 0.675. The van der Waals surface area contributed by atoms with E-state index in [-0.39, 0.29) is 5.41 Å². The first kappa shape index (κ1) is 37.6. The van der Waals surface area contributed by atoms with Crippen LogP contribution in [0.4, 0.5) is 17.1 Å². The van der Waals surface area contributed by atoms with Crippen LogP contribution >= 0.6 is 0 Å². The monoisotopic (exact) mass is 810 g/mol. The summed E-state index contributed by atoms with van der Waals surface area (Å²) in [6.45, 7) is 4.75. The number of anilines is 3. The fraction of sp³-hybridized carbons (Fsp3) is 0.148. The first-order valence-corrected chi connectivity index (χ1v) is 22.9. The zero-order chi connectivity index (χ0) is 42.1. The largest absolute Gasteiger partial charge is 0.310 e. The Labute approximate surface area is 370 Å². The molecule has 12 rings (SSSR count). The summed E-state index contributed by atoms with van der Waals surface area (Å²) >= 11 is 0. The highest BCUT2D eigenvalue weighted by atomic mass is 15.1. The molecule has 63 heavy (non-hydrogen) atoms. The van der Waals surface area contributed by atoms with Crippen molar-refractivity contribution in [3.8, 4) is 39.1 Å². The van der Waals surface area contributed by atoms with Crippen LogP contribution in [0.5, 0.6) is 0 Å². The molecular weight excluding hydrogens is 761 g/mol. The topological polar surface area (TPSA) is 8.17 Å². The van der Waals surface area contributed by atoms with Crippen molar-refractivity contribution in [2.24, 2.45) is 0 Å². The summed E-state index contributed by atoms with van der Waals surface area (Å²) in [5.41, 5.74) is 18.7. The van der Waals surface area contributed by atoms with Crippen molar-refractivity contribution in [1.29, 1.82) is 0 Å². The molecule has 9 aromatic carbocycles. The van der Waals surface area contributed by atoms with E-state index < -0.39 is 0 Å². The molecule has 0 amide bonds. The van der Waals surface area contributed by atoms with Gasteiger partial charge in [-0.1, -0.05) is 179 Å². The Morgan fingerprint density at radius 2 is 1.05 bits per heavy atom. The summed E-state index contributed by atoms with van der Waals surface area (Å²) in [5, 5.41) is 5.06. The van der Waals surface area contributed by atoms with Crippen molar-refractivity contribution in [2.45, 2.75) is 57.3 Å². The third-order valence-corrected chi connectivity index (χ3v) is 14.4. The van der Waals surface area contributed by atoms with Crippen molar-refractivity contribution >= 4 is 49.6 Å². The first-order valence-electron chi connectivity index (χ1n) is 22.9. The van der Waals surface area contributed by atoms with E-state index in [1.165, 1.54) is 120 Å². The Morgan fingerprint density at radius 1 is 0.444 bits per heavy atom. The van der Waals surface area contributed by atoms with Gasteiger partial charge in [0.1, 0.15) is 0 Å². The molecule has 0 aliphatic heterocycles. The van der Waals surface area contributed by atoms with Crippen LogP contribution in [0.2, 0.25) is 0 Å². The minimum Gasteiger partial charge on any atom is -0.310 e. The first-order chi connectivity index (χ1) is 31.0. The van der Waals surface area contributed by atoms with E-state index in [4.69, 9.17) is 0 Å². The fourth-order valence-electron chi connectivity index (χ4n) is 11.2. The van der Waals surface area contributed by atoms with E-state index in [1.807, 2.05) is 0 Å². The zero-order valence-corrected chi connectivity index (χ0v) is 36.1. The van der Waals surface area contributed by atoms with Crippen LogP contribution in [-0.2, 0) is 5.41 Å². The molecule has 1 saturated carbocycles. The highest BCUT2D eigenvalue weighted by Gasteiger charge is 2.36. The molecule has 1 aromatic heterocycles. The number of benzene rings is 9. The van der Waals surface area contributed by atoms with Gasteiger partial charge in [0.15, 0.2) is 0 Å². The van der Waals surface area contributed by atoms with Crippen molar-refractivity contribution in [2.75, 3.05) is 4.90 Å². The molecule has 2 nitrogen and oxygen atoms in total. The van der Waals surface area contributed by atoms with Gasteiger partial charge in [0.25, 0.3) is 0 Å². The van der Waals surface area contributed by atoms with Gasteiger partial charge < -0.3 is 9.47 Å². The molecule has 0 bridgehead atoms. The Morgan fingerprint density at radius 3 is 1.83 bits per heavy atom. The molecule has 1 fully saturated rings. The lowest BCUT2D eigenvalue weighted by atomic mass is 9.82. The third kappa shape index (κ3) is 6.22. The summed E-state index contributed by atoms with van der Waals surface area (Å²) in [4.78, 5) is 2.47. The van der Waals surface area contributed by atoms with E-state index in [1.54, 1.807) is 0 Å². The minimum absolute atomic E-state index is 0.123. The molecule has 2 heteroatoms. The van der Waals surface area contributed by atoms with Gasteiger partial charge in [-0.25, -0.2) is 0 Å². The van der Waals surface area contributed by atoms with Crippen LogP contribution in [0.25, 0.3) is 71.6 Å². The molecular formula is C61H50N2. The smallest absolute Gasteiger partial charge is 0.0561 e. The zero-order valence-electron chi connectivity index (χ0n) is 36.1. The highest BCUT2D eigenvalue weighted by molar-refractivity contribution is 6.11. The summed E-state index contributed by atoms with van der Waals surface area (Å²) in [7, 11) is 0. The van der Waals surface area contributed by atoms with Gasteiger partial charge in [-0.05, 0) is 134 Å². The van der Waals surface area contributed by atoms with E-state index in [9.17, 15) is 0 Å². The normalized spacial score (nSPS) is 14.6. The second-order valence-electron chi connectivity index (χ2n) is 18.3. The van der Waals surface area contributed by atoms with Crippen molar-refractivity contribution in [1.82, 2.24) is 4.57 Å². The highest BCUT2D eigenvalue weighted by Crippen LogP contribution is 2.51. The average molecular weight is 811 g/mol. The second-order valence-corrected chi connectivity index (χ2v) is 18.3. The second kappa shape index (κ2) is 15.0. The van der Waals surface area contributed by atoms with Crippen LogP contribution in [0.15, 0.2) is 200 Å². The van der Waals surface area contributed by atoms with E-state index in [2.05, 4.69) is 224 Å². The van der Waals surface area contributed by atoms with Gasteiger partial charge in [-0.3, -0.25) is 0 Å². The summed E-state index contributed by atoms with van der Waals surface area (Å²) < 4.78 is 2.48. The Kier molecular flexibility index (Phi) is 8.97. The number of para-hydroxylation sites is 1. The maximum atomic E-state index is 2.48. The fourth-order valence-corrected chi connectivity index (χ4v) is 11.2. The Hall–Kier alpha value is -7.16. The summed E-state index contributed by atoms with van der Waals surface area (Å²) in [6.07, 6.45) is 6.66. The third-order valence-electron chi connectivity index (χ3n) is 14.4. The molecule has 1 heterocycles. The maximum absolute atomic E-state index is 2.48. The standard InChI is InChI=1S/C61H50N2/c1-61(2)56-25-11-9-21-52(56)53-37-35-48(39-57(53)61)62(46-33-29-44(30-34-46)51-24-14-20-45-19-13-23-50(60(45)51)43-17-7-4-8-18-43)49-36-38-55-54-22-10-12-26-58(54)63(59(55)40-49)47-31-27-42(28-32-47)41-15-5-3-6-16-41/h4,7-14,17-41H,3,5-6,15-16H2,1-2H3. The lowest BCUT2D eigenvalue weighted by Crippen LogP contribution is -2.16. The lowest BCUT2D eigenvalue weighted by molar-refractivity contribution is 0.443. The van der Waals surface area contributed by atoms with Crippen LogP contribution < -0.4 is 4.90 Å². The lowest BCUT2D eigenvalue weighted by Gasteiger charge is -2.28. The van der Waals surface area contributed by atoms with E-state index >= 15 is 0 Å². The molecule has 0 N–H and O–H groups in total. The molecule has 0 atom stereocenters. The predicted molar refractivity (Wildman–Crippen MR) is 267 cm³/mol. The number of hydrogen-bond donors (Lipinski definition) is 0. The maximum Gasteiger partial charge on any atom is 0.0561 e. The van der Waals surface area contributed by atoms with Crippen LogP contribution in [-0.4, -0.2) is 4.57 Å². The predicted octanol–water partition coefficient (Wildman–Crippen LogP) is 17.1. The van der Waals surface area contributed by atoms with Gasteiger partial charge in [-0.2, -0.15) is 0 Å². The molecule has 0 unspecified atom stereocenters. The van der Waals surface area contributed by atoms with Gasteiger partial charge in [0.2, 0.25) is 0 Å². The van der Waals surface area contributed by atoms with Crippen LogP contribution in [0, 0.1) is 0 Å². The van der Waals surface area contributed by atoms with Crippen molar-refractivity contribution in [3.63, 3.8) is 0 Å². The van der Waals surface area contributed by atoms with Gasteiger partial charge in [0, 0.05) is 38.9 Å². The van der Waals surface area contributed by atoms with Gasteiger partial charge >= 0.3 is 0 Å². The summed E-state index contributed by atoms with van der Waals surface area (Å²) in [6, 6.07) is 74.9. The number of hydrogen-bond acceptors (Lipinski definition) is 1. The molecule has 2 aliphatic carbocycles. The van der Waals surface area contributed by atoms with E-state index in [0.717, 1.165) is 17.1 Å². The molecule has 304 valence electrons. The SMILES string of the molecule is CC1(C)c2ccccc2-c2ccc(N(c3ccc(-c4cccc5cccc(-c6ccccc6)c45)cc3)c3ccc4c5ccccc5n(-c5ccc(C6CCCCC6)cc5)c4c3)cc21. The molecule has 0 spiro atoms. The van der Waals surface area contributed by atoms with Crippen molar-refractivity contribution in [3.05, 3.63) is 217 Å². The molecule has 0 radical (unpaired) electrons. The number of nitrogens with zero attached hydrogens (tertiary/aromatic N) is 2. The van der Waals surface area contributed by atoms with Gasteiger partial charge in [0.05, 0.1) is 11.0 Å². The number of fused-ring (bicyclic) bond motifs is 7. The van der Waals surface area contributed by atoms with Crippen LogP contribution in [0.1, 0.15) is 68.6 Å². The molecule has 2 aliphatic rings. The van der Waals surface area contributed by atoms with E-state index in [0.29, 0.717) is 5.92 Å². The average Bonchev–Trinajstić information content (AvgIpc) is 3.79. The Bertz CT molecular complexity index is 3320. The number of rotatable bonds is 7. The Balaban J connectivity index is 1.02. The van der Waals surface area contributed by atoms with Crippen molar-refractivity contribution < 1.29 is 0 Å². The van der Waals surface area contributed by atoms with Gasteiger partial charge in [-0.15, -0.1) is 0 Å².